The molecule has 7 nitrogen and oxygen atoms in total. The lowest BCUT2D eigenvalue weighted by Gasteiger charge is -2.12. The van der Waals surface area contributed by atoms with Gasteiger partial charge in [0.1, 0.15) is 23.8 Å². The molecular formula is C17H19N5O2S. The van der Waals surface area contributed by atoms with Gasteiger partial charge in [-0.15, -0.1) is 10.2 Å². The lowest BCUT2D eigenvalue weighted by Crippen LogP contribution is -2.27. The molecule has 0 bridgehead atoms. The third kappa shape index (κ3) is 4.08. The van der Waals surface area contributed by atoms with Crippen molar-refractivity contribution in [1.29, 1.82) is 0 Å². The number of hydrogen-bond acceptors (Lipinski definition) is 6. The summed E-state index contributed by atoms with van der Waals surface area (Å²) in [6, 6.07) is 11.8. The maximum Gasteiger partial charge on any atom is 0.242 e. The molecule has 0 N–H and O–H groups in total. The van der Waals surface area contributed by atoms with Gasteiger partial charge in [0.2, 0.25) is 5.91 Å². The Kier molecular flexibility index (Phi) is 5.18. The number of thioether (sulfide) groups is 1. The van der Waals surface area contributed by atoms with Gasteiger partial charge < -0.3 is 9.42 Å². The molecule has 3 aromatic rings. The van der Waals surface area contributed by atoms with E-state index in [2.05, 4.69) is 15.4 Å². The maximum absolute atomic E-state index is 12.0. The van der Waals surface area contributed by atoms with Crippen molar-refractivity contribution in [2.24, 2.45) is 0 Å². The fraction of sp³-hybridized carbons (Fsp3) is 0.294. The van der Waals surface area contributed by atoms with Crippen molar-refractivity contribution in [1.82, 2.24) is 24.8 Å². The molecule has 25 heavy (non-hydrogen) atoms. The number of likely N-dealkylation sites (N-methyl/N-ethyl adjacent to an activating group) is 1. The highest BCUT2D eigenvalue weighted by molar-refractivity contribution is 7.98. The second-order valence-electron chi connectivity index (χ2n) is 5.74. The van der Waals surface area contributed by atoms with Crippen LogP contribution < -0.4 is 0 Å². The highest BCUT2D eigenvalue weighted by Crippen LogP contribution is 2.25. The fourth-order valence-corrected chi connectivity index (χ4v) is 3.05. The average Bonchev–Trinajstić information content (AvgIpc) is 3.22. The van der Waals surface area contributed by atoms with Gasteiger partial charge in [-0.05, 0) is 6.92 Å². The topological polar surface area (TPSA) is 77.0 Å². The molecule has 3 rings (SSSR count). The number of carbonyl (C=O) groups is 1. The highest BCUT2D eigenvalue weighted by atomic mass is 32.2. The third-order valence-corrected chi connectivity index (χ3v) is 4.66. The fourth-order valence-electron chi connectivity index (χ4n) is 2.19. The molecule has 0 aliphatic rings. The first-order chi connectivity index (χ1) is 12.0. The number of benzene rings is 1. The summed E-state index contributed by atoms with van der Waals surface area (Å²) in [5.41, 5.74) is 1.81. The molecule has 0 saturated carbocycles. The van der Waals surface area contributed by atoms with Crippen LogP contribution in [0.15, 0.2) is 46.1 Å². The van der Waals surface area contributed by atoms with E-state index in [1.807, 2.05) is 47.9 Å². The minimum absolute atomic E-state index is 0.00391. The number of aryl methyl sites for hydroxylation is 1. The second-order valence-corrected chi connectivity index (χ2v) is 6.68. The molecule has 0 saturated heterocycles. The summed E-state index contributed by atoms with van der Waals surface area (Å²) >= 11 is 1.47. The standard InChI is InChI=1S/C17H19N5O2S/c1-12-18-19-17(22(12)10-16(23)21(2)3)25-11-14-9-15(20-24-14)13-7-5-4-6-8-13/h4-9H,10-11H2,1-3H3. The first-order valence-corrected chi connectivity index (χ1v) is 8.77. The predicted molar refractivity (Wildman–Crippen MR) is 95.0 cm³/mol. The molecule has 0 fully saturated rings. The second kappa shape index (κ2) is 7.52. The number of amides is 1. The average molecular weight is 357 g/mol. The summed E-state index contributed by atoms with van der Waals surface area (Å²) in [5, 5.41) is 13.0. The first kappa shape index (κ1) is 17.2. The number of rotatable bonds is 6. The van der Waals surface area contributed by atoms with Gasteiger partial charge in [0.15, 0.2) is 5.16 Å². The summed E-state index contributed by atoms with van der Waals surface area (Å²) < 4.78 is 7.21. The van der Waals surface area contributed by atoms with Crippen LogP contribution in [-0.4, -0.2) is 44.8 Å². The van der Waals surface area contributed by atoms with Crippen molar-refractivity contribution in [3.05, 3.63) is 48.0 Å². The van der Waals surface area contributed by atoms with Crippen molar-refractivity contribution in [3.63, 3.8) is 0 Å². The Morgan fingerprint density at radius 2 is 2.00 bits per heavy atom. The van der Waals surface area contributed by atoms with E-state index in [0.29, 0.717) is 16.7 Å². The summed E-state index contributed by atoms with van der Waals surface area (Å²) in [6.45, 7) is 2.06. The van der Waals surface area contributed by atoms with Crippen LogP contribution in [0.3, 0.4) is 0 Å². The van der Waals surface area contributed by atoms with Crippen LogP contribution in [0.5, 0.6) is 0 Å². The molecule has 130 valence electrons. The molecule has 8 heteroatoms. The van der Waals surface area contributed by atoms with E-state index in [4.69, 9.17) is 4.52 Å². The van der Waals surface area contributed by atoms with E-state index in [0.717, 1.165) is 17.0 Å². The van der Waals surface area contributed by atoms with Crippen molar-refractivity contribution in [2.45, 2.75) is 24.4 Å². The van der Waals surface area contributed by atoms with Crippen LogP contribution in [0.2, 0.25) is 0 Å². The van der Waals surface area contributed by atoms with Crippen LogP contribution in [0.1, 0.15) is 11.6 Å². The lowest BCUT2D eigenvalue weighted by atomic mass is 10.1. The minimum Gasteiger partial charge on any atom is -0.360 e. The van der Waals surface area contributed by atoms with Gasteiger partial charge in [-0.25, -0.2) is 0 Å². The van der Waals surface area contributed by atoms with Gasteiger partial charge in [0.05, 0.1) is 5.75 Å². The Morgan fingerprint density at radius 1 is 1.24 bits per heavy atom. The van der Waals surface area contributed by atoms with Crippen molar-refractivity contribution in [2.75, 3.05) is 14.1 Å². The Hall–Kier alpha value is -2.61. The molecule has 1 aromatic carbocycles. The van der Waals surface area contributed by atoms with Gasteiger partial charge in [0.25, 0.3) is 0 Å². The number of nitrogens with zero attached hydrogens (tertiary/aromatic N) is 5. The third-order valence-electron chi connectivity index (χ3n) is 3.67. The Balaban J connectivity index is 1.68. The maximum atomic E-state index is 12.0. The summed E-state index contributed by atoms with van der Waals surface area (Å²) in [5.74, 6) is 2.01. The summed E-state index contributed by atoms with van der Waals surface area (Å²) in [4.78, 5) is 13.5. The van der Waals surface area contributed by atoms with Gasteiger partial charge in [0, 0.05) is 25.7 Å². The summed E-state index contributed by atoms with van der Waals surface area (Å²) in [6.07, 6.45) is 0. The predicted octanol–water partition coefficient (Wildman–Crippen LogP) is 2.62. The quantitative estimate of drug-likeness (QED) is 0.631. The van der Waals surface area contributed by atoms with Crippen LogP contribution >= 0.6 is 11.8 Å². The van der Waals surface area contributed by atoms with Gasteiger partial charge in [-0.1, -0.05) is 47.3 Å². The van der Waals surface area contributed by atoms with Crippen molar-refractivity contribution in [3.8, 4) is 11.3 Å². The molecule has 0 aliphatic carbocycles. The SMILES string of the molecule is Cc1nnc(SCc2cc(-c3ccccc3)no2)n1CC(=O)N(C)C. The molecule has 1 amide bonds. The molecule has 2 aromatic heterocycles. The number of hydrogen-bond donors (Lipinski definition) is 0. The zero-order chi connectivity index (χ0) is 17.8. The van der Waals surface area contributed by atoms with E-state index in [1.54, 1.807) is 19.0 Å². The van der Waals surface area contributed by atoms with Crippen LogP contribution in [0.4, 0.5) is 0 Å². The smallest absolute Gasteiger partial charge is 0.242 e. The van der Waals surface area contributed by atoms with Crippen molar-refractivity contribution < 1.29 is 9.32 Å². The zero-order valence-corrected chi connectivity index (χ0v) is 15.2. The number of carbonyl (C=O) groups excluding carboxylic acids is 1. The molecule has 0 unspecified atom stereocenters. The molecule has 2 heterocycles. The Morgan fingerprint density at radius 3 is 2.72 bits per heavy atom. The first-order valence-electron chi connectivity index (χ1n) is 7.78. The van der Waals surface area contributed by atoms with E-state index < -0.39 is 0 Å². The highest BCUT2D eigenvalue weighted by Gasteiger charge is 2.15. The van der Waals surface area contributed by atoms with Crippen LogP contribution in [-0.2, 0) is 17.1 Å². The lowest BCUT2D eigenvalue weighted by molar-refractivity contribution is -0.129. The molecule has 0 spiro atoms. The van der Waals surface area contributed by atoms with Crippen molar-refractivity contribution >= 4 is 17.7 Å². The molecule has 0 atom stereocenters. The minimum atomic E-state index is -0.00391. The van der Waals surface area contributed by atoms with Gasteiger partial charge >= 0.3 is 0 Å². The van der Waals surface area contributed by atoms with E-state index >= 15 is 0 Å². The van der Waals surface area contributed by atoms with E-state index in [1.165, 1.54) is 11.8 Å². The monoisotopic (exact) mass is 357 g/mol. The largest absolute Gasteiger partial charge is 0.360 e. The Bertz CT molecular complexity index is 857. The molecule has 0 radical (unpaired) electrons. The Labute approximate surface area is 150 Å². The van der Waals surface area contributed by atoms with Gasteiger partial charge in [-0.2, -0.15) is 0 Å². The number of aromatic nitrogens is 4. The zero-order valence-electron chi connectivity index (χ0n) is 14.3. The van der Waals surface area contributed by atoms with Gasteiger partial charge in [-0.3, -0.25) is 9.36 Å². The molecule has 0 aliphatic heterocycles. The molecular weight excluding hydrogens is 338 g/mol. The van der Waals surface area contributed by atoms with E-state index in [9.17, 15) is 4.79 Å². The van der Waals surface area contributed by atoms with Crippen LogP contribution in [0, 0.1) is 6.92 Å². The van der Waals surface area contributed by atoms with Crippen LogP contribution in [0.25, 0.3) is 11.3 Å². The van der Waals surface area contributed by atoms with E-state index in [-0.39, 0.29) is 12.5 Å². The summed E-state index contributed by atoms with van der Waals surface area (Å²) in [7, 11) is 3.46. The normalized spacial score (nSPS) is 10.8.